The Morgan fingerprint density at radius 2 is 1.81 bits per heavy atom. The third-order valence-corrected chi connectivity index (χ3v) is 4.30. The molecule has 0 amide bonds. The molecule has 0 spiro atoms. The number of nitrogens with zero attached hydrogens (tertiary/aromatic N) is 1. The molecule has 3 rings (SSSR count). The van der Waals surface area contributed by atoms with Gasteiger partial charge in [0.15, 0.2) is 5.96 Å². The van der Waals surface area contributed by atoms with Gasteiger partial charge < -0.3 is 20.4 Å². The molecule has 0 unspecified atom stereocenters. The summed E-state index contributed by atoms with van der Waals surface area (Å²) in [5.41, 5.74) is 3.61. The average Bonchev–Trinajstić information content (AvgIpc) is 3.09. The fraction of sp³-hybridized carbons (Fsp3) is 0.286. The molecule has 144 valence electrons. The minimum atomic E-state index is 0. The summed E-state index contributed by atoms with van der Waals surface area (Å²) in [6, 6.07) is 16.4. The highest BCUT2D eigenvalue weighted by Crippen LogP contribution is 2.18. The van der Waals surface area contributed by atoms with Crippen molar-refractivity contribution in [2.45, 2.75) is 19.9 Å². The van der Waals surface area contributed by atoms with Crippen LogP contribution in [-0.2, 0) is 13.0 Å². The van der Waals surface area contributed by atoms with Gasteiger partial charge in [0.05, 0.1) is 6.61 Å². The zero-order valence-electron chi connectivity index (χ0n) is 15.8. The Morgan fingerprint density at radius 1 is 1.04 bits per heavy atom. The van der Waals surface area contributed by atoms with Crippen molar-refractivity contribution >= 4 is 40.8 Å². The van der Waals surface area contributed by atoms with E-state index in [-0.39, 0.29) is 24.0 Å². The molecule has 6 heteroatoms. The van der Waals surface area contributed by atoms with Crippen LogP contribution in [0, 0.1) is 0 Å². The molecular weight excluding hydrogens is 451 g/mol. The van der Waals surface area contributed by atoms with Crippen LogP contribution in [0.2, 0.25) is 0 Å². The molecule has 27 heavy (non-hydrogen) atoms. The molecule has 0 aliphatic carbocycles. The largest absolute Gasteiger partial charge is 0.494 e. The molecule has 0 bridgehead atoms. The van der Waals surface area contributed by atoms with Crippen molar-refractivity contribution in [2.24, 2.45) is 4.99 Å². The number of hydrogen-bond donors (Lipinski definition) is 3. The maximum absolute atomic E-state index is 5.67. The number of aliphatic imine (C=N–C) groups is 1. The number of guanidine groups is 1. The smallest absolute Gasteiger partial charge is 0.191 e. The van der Waals surface area contributed by atoms with Crippen LogP contribution < -0.4 is 15.4 Å². The van der Waals surface area contributed by atoms with E-state index in [1.165, 1.54) is 16.5 Å². The lowest BCUT2D eigenvalue weighted by molar-refractivity contribution is 0.336. The first kappa shape index (κ1) is 21.1. The van der Waals surface area contributed by atoms with E-state index >= 15 is 0 Å². The van der Waals surface area contributed by atoms with Gasteiger partial charge >= 0.3 is 0 Å². The van der Waals surface area contributed by atoms with Crippen molar-refractivity contribution in [3.05, 3.63) is 65.9 Å². The van der Waals surface area contributed by atoms with E-state index in [1.807, 2.05) is 31.2 Å². The van der Waals surface area contributed by atoms with Crippen molar-refractivity contribution in [2.75, 3.05) is 20.2 Å². The minimum Gasteiger partial charge on any atom is -0.494 e. The fourth-order valence-corrected chi connectivity index (χ4v) is 3.00. The highest BCUT2D eigenvalue weighted by molar-refractivity contribution is 14.0. The van der Waals surface area contributed by atoms with Crippen LogP contribution in [0.15, 0.2) is 59.7 Å². The van der Waals surface area contributed by atoms with Crippen LogP contribution in [0.3, 0.4) is 0 Å². The Labute approximate surface area is 177 Å². The maximum Gasteiger partial charge on any atom is 0.191 e. The van der Waals surface area contributed by atoms with Gasteiger partial charge in [0.2, 0.25) is 0 Å². The molecule has 3 N–H and O–H groups in total. The summed E-state index contributed by atoms with van der Waals surface area (Å²) in [7, 11) is 1.79. The summed E-state index contributed by atoms with van der Waals surface area (Å²) < 4.78 is 5.67. The van der Waals surface area contributed by atoms with Crippen LogP contribution in [0.1, 0.15) is 18.1 Å². The van der Waals surface area contributed by atoms with E-state index in [2.05, 4.69) is 51.1 Å². The molecule has 0 atom stereocenters. The molecule has 0 fully saturated rings. The number of halogens is 1. The molecule has 3 aromatic rings. The highest BCUT2D eigenvalue weighted by atomic mass is 127. The topological polar surface area (TPSA) is 61.4 Å². The van der Waals surface area contributed by atoms with E-state index in [4.69, 9.17) is 4.74 Å². The monoisotopic (exact) mass is 478 g/mol. The molecule has 0 saturated heterocycles. The van der Waals surface area contributed by atoms with Crippen LogP contribution in [0.25, 0.3) is 10.9 Å². The van der Waals surface area contributed by atoms with Gasteiger partial charge in [0, 0.05) is 42.8 Å². The van der Waals surface area contributed by atoms with Gasteiger partial charge in [-0.25, -0.2) is 0 Å². The number of aromatic amines is 1. The lowest BCUT2D eigenvalue weighted by Gasteiger charge is -2.14. The van der Waals surface area contributed by atoms with Crippen molar-refractivity contribution in [3.8, 4) is 5.75 Å². The standard InChI is InChI=1S/C21H26N4O.HI/c1-3-26-20-11-7-4-8-17(20)15-25-21(22-2)23-13-12-16-14-24-19-10-6-5-9-18(16)19;/h4-11,14,24H,3,12-13,15H2,1-2H3,(H2,22,23,25);1H. The third-order valence-electron chi connectivity index (χ3n) is 4.30. The second-order valence-corrected chi connectivity index (χ2v) is 6.00. The number of H-pyrrole nitrogens is 1. The highest BCUT2D eigenvalue weighted by Gasteiger charge is 2.05. The SMILES string of the molecule is CCOc1ccccc1CNC(=NC)NCCc1c[nH]c2ccccc12.I. The van der Waals surface area contributed by atoms with Crippen LogP contribution in [0.4, 0.5) is 0 Å². The minimum absolute atomic E-state index is 0. The quantitative estimate of drug-likeness (QED) is 0.272. The summed E-state index contributed by atoms with van der Waals surface area (Å²) in [4.78, 5) is 7.62. The van der Waals surface area contributed by atoms with Crippen LogP contribution in [-0.4, -0.2) is 31.1 Å². The Kier molecular flexibility index (Phi) is 8.44. The first-order chi connectivity index (χ1) is 12.8. The average molecular weight is 478 g/mol. The van der Waals surface area contributed by atoms with Gasteiger partial charge in [-0.05, 0) is 31.0 Å². The van der Waals surface area contributed by atoms with Gasteiger partial charge in [-0.3, -0.25) is 4.99 Å². The normalized spacial score (nSPS) is 11.1. The molecule has 1 aromatic heterocycles. The molecule has 0 radical (unpaired) electrons. The predicted octanol–water partition coefficient (Wildman–Crippen LogP) is 4.09. The number of hydrogen-bond acceptors (Lipinski definition) is 2. The molecule has 2 aromatic carbocycles. The summed E-state index contributed by atoms with van der Waals surface area (Å²) in [6.07, 6.45) is 3.01. The van der Waals surface area contributed by atoms with Crippen molar-refractivity contribution in [1.82, 2.24) is 15.6 Å². The molecule has 1 heterocycles. The molecule has 0 aliphatic rings. The first-order valence-corrected chi connectivity index (χ1v) is 9.02. The van der Waals surface area contributed by atoms with E-state index in [1.54, 1.807) is 7.05 Å². The van der Waals surface area contributed by atoms with Gasteiger partial charge in [0.25, 0.3) is 0 Å². The van der Waals surface area contributed by atoms with Crippen LogP contribution >= 0.6 is 24.0 Å². The number of rotatable bonds is 7. The molecule has 0 aliphatic heterocycles. The Balaban J connectivity index is 0.00000261. The van der Waals surface area contributed by atoms with Gasteiger partial charge in [-0.15, -0.1) is 24.0 Å². The summed E-state index contributed by atoms with van der Waals surface area (Å²) in [6.45, 7) is 4.14. The fourth-order valence-electron chi connectivity index (χ4n) is 3.00. The van der Waals surface area contributed by atoms with Gasteiger partial charge in [-0.2, -0.15) is 0 Å². The lowest BCUT2D eigenvalue weighted by Crippen LogP contribution is -2.37. The van der Waals surface area contributed by atoms with E-state index < -0.39 is 0 Å². The lowest BCUT2D eigenvalue weighted by atomic mass is 10.1. The van der Waals surface area contributed by atoms with Crippen molar-refractivity contribution in [1.29, 1.82) is 0 Å². The Bertz CT molecular complexity index is 875. The van der Waals surface area contributed by atoms with E-state index in [0.717, 1.165) is 30.2 Å². The number of aromatic nitrogens is 1. The zero-order chi connectivity index (χ0) is 18.2. The summed E-state index contributed by atoms with van der Waals surface area (Å²) in [5.74, 6) is 1.70. The number of benzene rings is 2. The summed E-state index contributed by atoms with van der Waals surface area (Å²) >= 11 is 0. The van der Waals surface area contributed by atoms with Crippen LogP contribution in [0.5, 0.6) is 5.75 Å². The second kappa shape index (κ2) is 10.8. The Hall–Kier alpha value is -2.22. The summed E-state index contributed by atoms with van der Waals surface area (Å²) in [5, 5.41) is 8.01. The molecular formula is C21H27IN4O. The van der Waals surface area contributed by atoms with E-state index in [9.17, 15) is 0 Å². The molecule has 5 nitrogen and oxygen atoms in total. The third kappa shape index (κ3) is 5.63. The molecule has 0 saturated carbocycles. The van der Waals surface area contributed by atoms with E-state index in [0.29, 0.717) is 13.2 Å². The first-order valence-electron chi connectivity index (χ1n) is 9.02. The van der Waals surface area contributed by atoms with Gasteiger partial charge in [-0.1, -0.05) is 36.4 Å². The Morgan fingerprint density at radius 3 is 2.63 bits per heavy atom. The number of fused-ring (bicyclic) bond motifs is 1. The second-order valence-electron chi connectivity index (χ2n) is 6.00. The zero-order valence-corrected chi connectivity index (χ0v) is 18.1. The number of ether oxygens (including phenoxy) is 1. The predicted molar refractivity (Wildman–Crippen MR) is 123 cm³/mol. The maximum atomic E-state index is 5.67. The number of para-hydroxylation sites is 2. The van der Waals surface area contributed by atoms with Crippen molar-refractivity contribution in [3.63, 3.8) is 0 Å². The van der Waals surface area contributed by atoms with Gasteiger partial charge in [0.1, 0.15) is 5.75 Å². The number of nitrogens with one attached hydrogen (secondary N) is 3. The van der Waals surface area contributed by atoms with Crippen molar-refractivity contribution < 1.29 is 4.74 Å².